The minimum Gasteiger partial charge on any atom is -0.467 e. The third-order valence-electron chi connectivity index (χ3n) is 3.92. The molecule has 1 saturated heterocycles. The lowest BCUT2D eigenvalue weighted by Gasteiger charge is -2.35. The van der Waals surface area contributed by atoms with Gasteiger partial charge in [-0.25, -0.2) is 4.99 Å². The normalized spacial score (nSPS) is 18.2. The maximum Gasteiger partial charge on any atom is 0.191 e. The number of hydrogen-bond acceptors (Lipinski definition) is 3. The predicted molar refractivity (Wildman–Crippen MR) is 86.4 cm³/mol. The van der Waals surface area contributed by atoms with Crippen molar-refractivity contribution >= 4 is 5.96 Å². The number of nitrogens with zero attached hydrogens (tertiary/aromatic N) is 2. The van der Waals surface area contributed by atoms with E-state index >= 15 is 0 Å². The van der Waals surface area contributed by atoms with Crippen molar-refractivity contribution in [2.24, 2.45) is 4.99 Å². The second-order valence-electron chi connectivity index (χ2n) is 5.82. The number of piperidine rings is 1. The average molecular weight is 292 g/mol. The minimum atomic E-state index is 0.509. The van der Waals surface area contributed by atoms with Crippen molar-refractivity contribution < 1.29 is 4.42 Å². The van der Waals surface area contributed by atoms with E-state index in [1.807, 2.05) is 12.1 Å². The number of hydrogen-bond donors (Lipinski definition) is 2. The third-order valence-corrected chi connectivity index (χ3v) is 3.92. The highest BCUT2D eigenvalue weighted by molar-refractivity contribution is 5.80. The number of guanidine groups is 1. The van der Waals surface area contributed by atoms with E-state index in [0.29, 0.717) is 18.6 Å². The molecule has 2 rings (SSSR count). The van der Waals surface area contributed by atoms with Gasteiger partial charge in [0.15, 0.2) is 5.96 Å². The van der Waals surface area contributed by atoms with Crippen LogP contribution in [0.1, 0.15) is 39.4 Å². The molecule has 0 atom stereocenters. The Morgan fingerprint density at radius 2 is 2.19 bits per heavy atom. The monoisotopic (exact) mass is 292 g/mol. The van der Waals surface area contributed by atoms with Crippen LogP contribution in [-0.2, 0) is 6.54 Å². The molecule has 5 nitrogen and oxygen atoms in total. The van der Waals surface area contributed by atoms with Crippen LogP contribution in [0, 0.1) is 0 Å². The highest BCUT2D eigenvalue weighted by Gasteiger charge is 2.21. The molecule has 1 aromatic heterocycles. The second kappa shape index (κ2) is 8.08. The third kappa shape index (κ3) is 5.08. The Morgan fingerprint density at radius 3 is 2.76 bits per heavy atom. The molecule has 0 unspecified atom stereocenters. The summed E-state index contributed by atoms with van der Waals surface area (Å²) in [7, 11) is 0. The van der Waals surface area contributed by atoms with Gasteiger partial charge in [0.05, 0.1) is 6.26 Å². The van der Waals surface area contributed by atoms with E-state index in [1.54, 1.807) is 6.26 Å². The van der Waals surface area contributed by atoms with Crippen LogP contribution in [0.15, 0.2) is 27.8 Å². The molecule has 0 saturated carbocycles. The topological polar surface area (TPSA) is 52.8 Å². The SMILES string of the molecule is CCNC(=NCc1ccco1)NC1CCN(C(C)C)CC1. The summed E-state index contributed by atoms with van der Waals surface area (Å²) in [4.78, 5) is 7.12. The average Bonchev–Trinajstić information content (AvgIpc) is 2.99. The molecule has 0 radical (unpaired) electrons. The fourth-order valence-electron chi connectivity index (χ4n) is 2.63. The lowest BCUT2D eigenvalue weighted by molar-refractivity contribution is 0.167. The Labute approximate surface area is 127 Å². The highest BCUT2D eigenvalue weighted by Crippen LogP contribution is 2.12. The largest absolute Gasteiger partial charge is 0.467 e. The zero-order valence-corrected chi connectivity index (χ0v) is 13.4. The summed E-state index contributed by atoms with van der Waals surface area (Å²) in [6.07, 6.45) is 4.03. The van der Waals surface area contributed by atoms with Gasteiger partial charge < -0.3 is 20.0 Å². The molecule has 0 spiro atoms. The Balaban J connectivity index is 1.84. The molecule has 2 N–H and O–H groups in total. The molecular formula is C16H28N4O. The van der Waals surface area contributed by atoms with Crippen LogP contribution in [0.3, 0.4) is 0 Å². The van der Waals surface area contributed by atoms with Crippen LogP contribution >= 0.6 is 0 Å². The van der Waals surface area contributed by atoms with Gasteiger partial charge in [0.25, 0.3) is 0 Å². The molecule has 0 bridgehead atoms. The molecule has 21 heavy (non-hydrogen) atoms. The number of aliphatic imine (C=N–C) groups is 1. The number of furan rings is 1. The molecule has 2 heterocycles. The molecule has 5 heteroatoms. The van der Waals surface area contributed by atoms with Crippen LogP contribution in [0.4, 0.5) is 0 Å². The first-order chi connectivity index (χ1) is 10.2. The van der Waals surface area contributed by atoms with Crippen molar-refractivity contribution in [2.45, 2.75) is 52.2 Å². The molecule has 1 aromatic rings. The minimum absolute atomic E-state index is 0.509. The Bertz CT molecular complexity index is 419. The standard InChI is InChI=1S/C16H28N4O/c1-4-17-16(18-12-15-6-5-11-21-15)19-14-7-9-20(10-8-14)13(2)3/h5-6,11,13-14H,4,7-10,12H2,1-3H3,(H2,17,18,19). The molecule has 0 aromatic carbocycles. The zero-order chi connectivity index (χ0) is 15.1. The van der Waals surface area contributed by atoms with Crippen molar-refractivity contribution in [3.8, 4) is 0 Å². The zero-order valence-electron chi connectivity index (χ0n) is 13.4. The summed E-state index contributed by atoms with van der Waals surface area (Å²) in [6, 6.07) is 5.00. The summed E-state index contributed by atoms with van der Waals surface area (Å²) in [6.45, 7) is 10.4. The van der Waals surface area contributed by atoms with E-state index in [-0.39, 0.29) is 0 Å². The molecule has 118 valence electrons. The lowest BCUT2D eigenvalue weighted by atomic mass is 10.0. The van der Waals surface area contributed by atoms with Crippen LogP contribution < -0.4 is 10.6 Å². The van der Waals surface area contributed by atoms with Crippen molar-refractivity contribution in [1.29, 1.82) is 0 Å². The van der Waals surface area contributed by atoms with Gasteiger partial charge in [-0.3, -0.25) is 0 Å². The highest BCUT2D eigenvalue weighted by atomic mass is 16.3. The molecule has 1 aliphatic rings. The van der Waals surface area contributed by atoms with Crippen LogP contribution in [0.5, 0.6) is 0 Å². The van der Waals surface area contributed by atoms with E-state index in [2.05, 4.69) is 41.3 Å². The van der Waals surface area contributed by atoms with E-state index < -0.39 is 0 Å². The first-order valence-electron chi connectivity index (χ1n) is 8.00. The molecule has 0 aliphatic carbocycles. The molecule has 1 aliphatic heterocycles. The summed E-state index contributed by atoms with van der Waals surface area (Å²) in [5.74, 6) is 1.78. The van der Waals surface area contributed by atoms with Crippen LogP contribution in [0.25, 0.3) is 0 Å². The fourth-order valence-corrected chi connectivity index (χ4v) is 2.63. The van der Waals surface area contributed by atoms with E-state index in [1.165, 1.54) is 12.8 Å². The molecular weight excluding hydrogens is 264 g/mol. The Hall–Kier alpha value is -1.49. The van der Waals surface area contributed by atoms with Gasteiger partial charge in [-0.15, -0.1) is 0 Å². The van der Waals surface area contributed by atoms with Crippen molar-refractivity contribution in [3.63, 3.8) is 0 Å². The second-order valence-corrected chi connectivity index (χ2v) is 5.82. The Kier molecular flexibility index (Phi) is 6.11. The summed E-state index contributed by atoms with van der Waals surface area (Å²) in [5, 5.41) is 6.86. The van der Waals surface area contributed by atoms with Crippen molar-refractivity contribution in [3.05, 3.63) is 24.2 Å². The molecule has 0 amide bonds. The number of likely N-dealkylation sites (tertiary alicyclic amines) is 1. The van der Waals surface area contributed by atoms with Gasteiger partial charge in [-0.2, -0.15) is 0 Å². The lowest BCUT2D eigenvalue weighted by Crippen LogP contribution is -2.49. The Morgan fingerprint density at radius 1 is 1.43 bits per heavy atom. The van der Waals surface area contributed by atoms with E-state index in [0.717, 1.165) is 31.4 Å². The summed E-state index contributed by atoms with van der Waals surface area (Å²) >= 11 is 0. The van der Waals surface area contributed by atoms with Gasteiger partial charge in [0, 0.05) is 31.7 Å². The van der Waals surface area contributed by atoms with Gasteiger partial charge in [0.1, 0.15) is 12.3 Å². The summed E-state index contributed by atoms with van der Waals surface area (Å²) in [5.41, 5.74) is 0. The fraction of sp³-hybridized carbons (Fsp3) is 0.688. The summed E-state index contributed by atoms with van der Waals surface area (Å²) < 4.78 is 5.32. The smallest absolute Gasteiger partial charge is 0.191 e. The maximum atomic E-state index is 5.32. The van der Waals surface area contributed by atoms with E-state index in [4.69, 9.17) is 4.42 Å². The van der Waals surface area contributed by atoms with Crippen molar-refractivity contribution in [2.75, 3.05) is 19.6 Å². The van der Waals surface area contributed by atoms with Crippen LogP contribution in [0.2, 0.25) is 0 Å². The first-order valence-corrected chi connectivity index (χ1v) is 8.00. The van der Waals surface area contributed by atoms with Gasteiger partial charge >= 0.3 is 0 Å². The predicted octanol–water partition coefficient (Wildman–Crippen LogP) is 2.21. The van der Waals surface area contributed by atoms with Crippen molar-refractivity contribution in [1.82, 2.24) is 15.5 Å². The van der Waals surface area contributed by atoms with Gasteiger partial charge in [0.2, 0.25) is 0 Å². The maximum absolute atomic E-state index is 5.32. The van der Waals surface area contributed by atoms with Gasteiger partial charge in [-0.05, 0) is 45.7 Å². The van der Waals surface area contributed by atoms with E-state index in [9.17, 15) is 0 Å². The number of rotatable bonds is 5. The van der Waals surface area contributed by atoms with Gasteiger partial charge in [-0.1, -0.05) is 0 Å². The first kappa shape index (κ1) is 15.9. The molecule has 1 fully saturated rings. The number of nitrogens with one attached hydrogen (secondary N) is 2. The quantitative estimate of drug-likeness (QED) is 0.645. The van der Waals surface area contributed by atoms with Crippen LogP contribution in [-0.4, -0.2) is 42.6 Å².